The van der Waals surface area contributed by atoms with Gasteiger partial charge in [0.05, 0.1) is 0 Å². The van der Waals surface area contributed by atoms with Crippen molar-refractivity contribution in [2.75, 3.05) is 0 Å². The van der Waals surface area contributed by atoms with Gasteiger partial charge >= 0.3 is 5.97 Å². The molecule has 3 N–H and O–H groups in total. The molecule has 0 unspecified atom stereocenters. The van der Waals surface area contributed by atoms with E-state index >= 15 is 0 Å². The molecule has 0 radical (unpaired) electrons. The molecular weight excluding hydrogens is 124 g/mol. The Bertz CT molecular complexity index is 136. The van der Waals surface area contributed by atoms with Gasteiger partial charge in [-0.1, -0.05) is 0 Å². The first kappa shape index (κ1) is 8.13. The molecule has 4 nitrogen and oxygen atoms in total. The van der Waals surface area contributed by atoms with Crippen molar-refractivity contribution >= 4 is 5.97 Å². The molecule has 0 aromatic rings. The summed E-state index contributed by atoms with van der Waals surface area (Å²) >= 11 is 0. The lowest BCUT2D eigenvalue weighted by atomic mass is 10.3. The number of aliphatic carboxylic acids is 1. The third kappa shape index (κ3) is 3.69. The highest BCUT2D eigenvalue weighted by Crippen LogP contribution is 1.92. The predicted octanol–water partition coefficient (Wildman–Crippen LogP) is -0.672. The van der Waals surface area contributed by atoms with E-state index in [1.807, 2.05) is 0 Å². The molecule has 0 aliphatic carbocycles. The number of carboxylic acid groups (broad SMARTS) is 1. The highest BCUT2D eigenvalue weighted by Gasteiger charge is 2.00. The lowest BCUT2D eigenvalue weighted by molar-refractivity contribution is -0.132. The summed E-state index contributed by atoms with van der Waals surface area (Å²) in [6, 6.07) is 0. The molecule has 0 bridgehead atoms. The average Bonchev–Trinajstić information content (AvgIpc) is 1.63. The van der Waals surface area contributed by atoms with E-state index in [1.54, 1.807) is 0 Å². The highest BCUT2D eigenvalue weighted by atomic mass is 16.5. The van der Waals surface area contributed by atoms with Gasteiger partial charge in [-0.25, -0.2) is 4.79 Å². The summed E-state index contributed by atoms with van der Waals surface area (Å²) in [5.41, 5.74) is -0.0787. The zero-order valence-corrected chi connectivity index (χ0v) is 4.90. The average molecular weight is 132 g/mol. The minimum Gasteiger partial charge on any atom is -0.478 e. The zero-order chi connectivity index (χ0) is 7.44. The maximum absolute atomic E-state index is 9.94. The molecule has 0 rings (SSSR count). The topological polar surface area (TPSA) is 77.8 Å². The third-order valence-electron chi connectivity index (χ3n) is 0.736. The van der Waals surface area contributed by atoms with E-state index in [9.17, 15) is 4.79 Å². The Labute approximate surface area is 52.1 Å². The van der Waals surface area contributed by atoms with Gasteiger partial charge in [-0.3, -0.25) is 0 Å². The van der Waals surface area contributed by atoms with Crippen LogP contribution in [-0.4, -0.2) is 27.6 Å². The quantitative estimate of drug-likeness (QED) is 0.344. The van der Waals surface area contributed by atoms with Gasteiger partial charge in [0.15, 0.2) is 6.29 Å². The smallest absolute Gasteiger partial charge is 0.331 e. The third-order valence-corrected chi connectivity index (χ3v) is 0.736. The highest BCUT2D eigenvalue weighted by molar-refractivity contribution is 5.85. The van der Waals surface area contributed by atoms with Crippen molar-refractivity contribution in [3.05, 3.63) is 11.6 Å². The van der Waals surface area contributed by atoms with Gasteiger partial charge in [0.2, 0.25) is 0 Å². The van der Waals surface area contributed by atoms with E-state index in [-0.39, 0.29) is 5.57 Å². The molecule has 0 heterocycles. The number of hydrogen-bond acceptors (Lipinski definition) is 3. The van der Waals surface area contributed by atoms with Crippen molar-refractivity contribution in [3.8, 4) is 0 Å². The number of rotatable bonds is 2. The van der Waals surface area contributed by atoms with Crippen LogP contribution >= 0.6 is 0 Å². The molecular formula is C5H8O4. The summed E-state index contributed by atoms with van der Waals surface area (Å²) < 4.78 is 0. The van der Waals surface area contributed by atoms with Crippen molar-refractivity contribution in [1.29, 1.82) is 0 Å². The summed E-state index contributed by atoms with van der Waals surface area (Å²) in [6.07, 6.45) is -0.844. The molecule has 0 spiro atoms. The van der Waals surface area contributed by atoms with Crippen LogP contribution in [0.25, 0.3) is 0 Å². The summed E-state index contributed by atoms with van der Waals surface area (Å²) in [4.78, 5) is 9.94. The van der Waals surface area contributed by atoms with E-state index in [4.69, 9.17) is 15.3 Å². The van der Waals surface area contributed by atoms with Gasteiger partial charge in [-0.2, -0.15) is 0 Å². The first-order valence-electron chi connectivity index (χ1n) is 2.32. The Balaban J connectivity index is 4.00. The molecule has 0 aliphatic rings. The Hall–Kier alpha value is -0.870. The Kier molecular flexibility index (Phi) is 2.90. The fourth-order valence-corrected chi connectivity index (χ4v) is 0.295. The lowest BCUT2D eigenvalue weighted by Crippen LogP contribution is -2.04. The molecule has 0 atom stereocenters. The maximum Gasteiger partial charge on any atom is 0.331 e. The normalized spacial score (nSPS) is 12.2. The van der Waals surface area contributed by atoms with Gasteiger partial charge in [0.25, 0.3) is 0 Å². The largest absolute Gasteiger partial charge is 0.478 e. The molecule has 0 aliphatic heterocycles. The number of aliphatic hydroxyl groups excluding tert-OH is 1. The van der Waals surface area contributed by atoms with Gasteiger partial charge in [-0.05, 0) is 13.0 Å². The number of aliphatic hydroxyl groups is 2. The molecule has 0 saturated carbocycles. The molecule has 9 heavy (non-hydrogen) atoms. The molecule has 0 aromatic carbocycles. The number of carbonyl (C=O) groups is 1. The second kappa shape index (κ2) is 3.21. The first-order chi connectivity index (χ1) is 4.04. The van der Waals surface area contributed by atoms with Crippen LogP contribution in [0.15, 0.2) is 11.6 Å². The second-order valence-electron chi connectivity index (χ2n) is 1.57. The van der Waals surface area contributed by atoms with Crippen molar-refractivity contribution < 1.29 is 20.1 Å². The van der Waals surface area contributed by atoms with Gasteiger partial charge in [-0.15, -0.1) is 0 Å². The lowest BCUT2D eigenvalue weighted by Gasteiger charge is -1.94. The Morgan fingerprint density at radius 1 is 1.56 bits per heavy atom. The Morgan fingerprint density at radius 3 is 2.11 bits per heavy atom. The van der Waals surface area contributed by atoms with E-state index in [0.29, 0.717) is 0 Å². The van der Waals surface area contributed by atoms with Gasteiger partial charge in [0.1, 0.15) is 0 Å². The van der Waals surface area contributed by atoms with Crippen LogP contribution in [0.1, 0.15) is 6.92 Å². The van der Waals surface area contributed by atoms with Crippen molar-refractivity contribution in [3.63, 3.8) is 0 Å². The van der Waals surface area contributed by atoms with Crippen LogP contribution in [0, 0.1) is 0 Å². The van der Waals surface area contributed by atoms with E-state index in [2.05, 4.69) is 0 Å². The fraction of sp³-hybridized carbons (Fsp3) is 0.400. The standard InChI is InChI=1S/C5H8O4/c1-3(5(8)9)2-4(6)7/h2,4,6-7H,1H3,(H,8,9)/b3-2-. The maximum atomic E-state index is 9.94. The Morgan fingerprint density at radius 2 is 2.00 bits per heavy atom. The molecule has 52 valence electrons. The van der Waals surface area contributed by atoms with E-state index in [1.165, 1.54) is 6.92 Å². The molecule has 0 aromatic heterocycles. The van der Waals surface area contributed by atoms with Crippen molar-refractivity contribution in [2.45, 2.75) is 13.2 Å². The van der Waals surface area contributed by atoms with Gasteiger partial charge in [0, 0.05) is 5.57 Å². The molecule has 0 fully saturated rings. The van der Waals surface area contributed by atoms with Crippen LogP contribution in [0.3, 0.4) is 0 Å². The van der Waals surface area contributed by atoms with Crippen LogP contribution in [0.2, 0.25) is 0 Å². The van der Waals surface area contributed by atoms with Crippen LogP contribution in [0.4, 0.5) is 0 Å². The van der Waals surface area contributed by atoms with Crippen LogP contribution < -0.4 is 0 Å². The number of carboxylic acids is 1. The predicted molar refractivity (Wildman–Crippen MR) is 29.6 cm³/mol. The van der Waals surface area contributed by atoms with Crippen molar-refractivity contribution in [2.24, 2.45) is 0 Å². The first-order valence-corrected chi connectivity index (χ1v) is 2.32. The van der Waals surface area contributed by atoms with E-state index in [0.717, 1.165) is 6.08 Å². The summed E-state index contributed by atoms with van der Waals surface area (Å²) in [7, 11) is 0. The summed E-state index contributed by atoms with van der Waals surface area (Å²) in [6.45, 7) is 1.28. The fourth-order valence-electron chi connectivity index (χ4n) is 0.295. The molecule has 0 saturated heterocycles. The SMILES string of the molecule is C/C(=C/C(O)O)C(=O)O. The minimum absolute atomic E-state index is 0.0787. The van der Waals surface area contributed by atoms with Crippen LogP contribution in [0.5, 0.6) is 0 Å². The number of hydrogen-bond donors (Lipinski definition) is 3. The molecule has 0 amide bonds. The monoisotopic (exact) mass is 132 g/mol. The zero-order valence-electron chi connectivity index (χ0n) is 4.90. The van der Waals surface area contributed by atoms with Crippen LogP contribution in [-0.2, 0) is 4.79 Å². The van der Waals surface area contributed by atoms with Gasteiger partial charge < -0.3 is 15.3 Å². The minimum atomic E-state index is -1.68. The summed E-state index contributed by atoms with van der Waals surface area (Å²) in [5.74, 6) is -1.15. The molecule has 4 heteroatoms. The second-order valence-corrected chi connectivity index (χ2v) is 1.57. The van der Waals surface area contributed by atoms with Crippen molar-refractivity contribution in [1.82, 2.24) is 0 Å². The van der Waals surface area contributed by atoms with E-state index < -0.39 is 12.3 Å². The summed E-state index contributed by atoms with van der Waals surface area (Å²) in [5, 5.41) is 24.5.